The fourth-order valence-corrected chi connectivity index (χ4v) is 1.85. The molecule has 0 fully saturated rings. The monoisotopic (exact) mass is 287 g/mol. The molecule has 0 unspecified atom stereocenters. The van der Waals surface area contributed by atoms with Gasteiger partial charge in [-0.3, -0.25) is 4.79 Å². The average molecular weight is 287 g/mol. The van der Waals surface area contributed by atoms with Crippen molar-refractivity contribution < 1.29 is 9.53 Å². The summed E-state index contributed by atoms with van der Waals surface area (Å²) in [4.78, 5) is 18.4. The molecule has 0 aliphatic rings. The molecule has 0 saturated carbocycles. The molecule has 5 heteroatoms. The zero-order chi connectivity index (χ0) is 15.5. The summed E-state index contributed by atoms with van der Waals surface area (Å²) >= 11 is 0. The normalized spacial score (nSPS) is 11.7. The van der Waals surface area contributed by atoms with Gasteiger partial charge in [0.1, 0.15) is 6.61 Å². The predicted molar refractivity (Wildman–Crippen MR) is 84.0 cm³/mol. The zero-order valence-electron chi connectivity index (χ0n) is 14.2. The van der Waals surface area contributed by atoms with Crippen LogP contribution in [0, 0.1) is 0 Å². The molecule has 0 rings (SSSR count). The Hall–Kier alpha value is -0.650. The average Bonchev–Trinajstić information content (AvgIpc) is 2.33. The first-order valence-electron chi connectivity index (χ1n) is 7.51. The molecule has 0 bridgehead atoms. The summed E-state index contributed by atoms with van der Waals surface area (Å²) in [5.74, 6) is 0.108. The third-order valence-corrected chi connectivity index (χ3v) is 2.96. The van der Waals surface area contributed by atoms with Crippen LogP contribution >= 0.6 is 0 Å². The van der Waals surface area contributed by atoms with Crippen LogP contribution in [0.25, 0.3) is 0 Å². The minimum Gasteiger partial charge on any atom is -0.369 e. The number of amides is 1. The second-order valence-electron chi connectivity index (χ2n) is 6.05. The van der Waals surface area contributed by atoms with E-state index in [4.69, 9.17) is 4.74 Å². The van der Waals surface area contributed by atoms with E-state index in [0.717, 1.165) is 39.0 Å². The molecule has 0 atom stereocenters. The van der Waals surface area contributed by atoms with Gasteiger partial charge in [0, 0.05) is 13.1 Å². The molecule has 0 radical (unpaired) electrons. The number of carbonyl (C=O) groups excluding carboxylic acids is 1. The van der Waals surface area contributed by atoms with Crippen molar-refractivity contribution >= 4 is 5.91 Å². The smallest absolute Gasteiger partial charge is 0.248 e. The van der Waals surface area contributed by atoms with Gasteiger partial charge in [0.2, 0.25) is 5.91 Å². The van der Waals surface area contributed by atoms with Crippen LogP contribution in [-0.4, -0.2) is 87.7 Å². The molecule has 1 amide bonds. The van der Waals surface area contributed by atoms with Crippen molar-refractivity contribution in [3.63, 3.8) is 0 Å². The van der Waals surface area contributed by atoms with Gasteiger partial charge in [0.15, 0.2) is 0 Å². The highest BCUT2D eigenvalue weighted by atomic mass is 16.5. The van der Waals surface area contributed by atoms with Gasteiger partial charge in [0.25, 0.3) is 0 Å². The fraction of sp³-hybridized carbons (Fsp3) is 0.933. The summed E-state index contributed by atoms with van der Waals surface area (Å²) in [6.45, 7) is 7.73. The number of rotatable bonds is 11. The Morgan fingerprint density at radius 2 is 1.35 bits per heavy atom. The molecule has 20 heavy (non-hydrogen) atoms. The lowest BCUT2D eigenvalue weighted by atomic mass is 10.3. The molecule has 0 N–H and O–H groups in total. The highest BCUT2D eigenvalue weighted by molar-refractivity contribution is 5.77. The summed E-state index contributed by atoms with van der Waals surface area (Å²) in [7, 11) is 8.22. The summed E-state index contributed by atoms with van der Waals surface area (Å²) in [6, 6.07) is 0. The van der Waals surface area contributed by atoms with Gasteiger partial charge in [-0.1, -0.05) is 0 Å². The summed E-state index contributed by atoms with van der Waals surface area (Å²) < 4.78 is 5.43. The molecular weight excluding hydrogens is 254 g/mol. The molecular formula is C15H33N3O2. The van der Waals surface area contributed by atoms with Gasteiger partial charge >= 0.3 is 0 Å². The first kappa shape index (κ1) is 19.4. The lowest BCUT2D eigenvalue weighted by Gasteiger charge is -2.24. The quantitative estimate of drug-likeness (QED) is 0.571. The molecule has 120 valence electrons. The lowest BCUT2D eigenvalue weighted by Crippen LogP contribution is -2.38. The molecule has 0 saturated heterocycles. The maximum absolute atomic E-state index is 12.2. The maximum Gasteiger partial charge on any atom is 0.248 e. The molecule has 0 aliphatic heterocycles. The summed E-state index contributed by atoms with van der Waals surface area (Å²) in [6.07, 6.45) is 2.11. The molecule has 0 aliphatic carbocycles. The minimum absolute atomic E-state index is 0.101. The fourth-order valence-electron chi connectivity index (χ4n) is 1.85. The molecule has 5 nitrogen and oxygen atoms in total. The van der Waals surface area contributed by atoms with Gasteiger partial charge in [-0.15, -0.1) is 0 Å². The Morgan fingerprint density at radius 3 is 1.70 bits per heavy atom. The van der Waals surface area contributed by atoms with Crippen LogP contribution in [0.1, 0.15) is 26.7 Å². The topological polar surface area (TPSA) is 36.0 Å². The van der Waals surface area contributed by atoms with Crippen LogP contribution in [0.15, 0.2) is 0 Å². The van der Waals surface area contributed by atoms with Crippen molar-refractivity contribution in [2.45, 2.75) is 32.8 Å². The van der Waals surface area contributed by atoms with E-state index in [0.29, 0.717) is 0 Å². The zero-order valence-corrected chi connectivity index (χ0v) is 14.2. The van der Waals surface area contributed by atoms with Crippen LogP contribution in [0.4, 0.5) is 0 Å². The van der Waals surface area contributed by atoms with Crippen molar-refractivity contribution in [1.29, 1.82) is 0 Å². The van der Waals surface area contributed by atoms with Crippen molar-refractivity contribution in [3.8, 4) is 0 Å². The maximum atomic E-state index is 12.2. The second kappa shape index (κ2) is 11.1. The van der Waals surface area contributed by atoms with Crippen LogP contribution < -0.4 is 0 Å². The third kappa shape index (κ3) is 11.2. The second-order valence-corrected chi connectivity index (χ2v) is 6.05. The summed E-state index contributed by atoms with van der Waals surface area (Å²) in [5.41, 5.74) is 0. The number of carbonyl (C=O) groups is 1. The van der Waals surface area contributed by atoms with Gasteiger partial charge in [-0.05, 0) is 68.0 Å². The van der Waals surface area contributed by atoms with Gasteiger partial charge in [0.05, 0.1) is 6.10 Å². The lowest BCUT2D eigenvalue weighted by molar-refractivity contribution is -0.137. The molecule has 0 aromatic heterocycles. The van der Waals surface area contributed by atoms with E-state index in [1.807, 2.05) is 18.7 Å². The van der Waals surface area contributed by atoms with E-state index in [1.165, 1.54) is 0 Å². The van der Waals surface area contributed by atoms with Crippen LogP contribution in [0.3, 0.4) is 0 Å². The SMILES string of the molecule is CC(C)OCC(=O)N(CCCN(C)C)CCCN(C)C. The van der Waals surface area contributed by atoms with E-state index in [2.05, 4.69) is 38.0 Å². The standard InChI is InChI=1S/C15H33N3O2/c1-14(2)20-13-15(19)18(11-7-9-16(3)4)12-8-10-17(5)6/h14H,7-13H2,1-6H3. The Kier molecular flexibility index (Phi) is 10.7. The Morgan fingerprint density at radius 1 is 0.900 bits per heavy atom. The highest BCUT2D eigenvalue weighted by Gasteiger charge is 2.14. The minimum atomic E-state index is 0.101. The number of nitrogens with zero attached hydrogens (tertiary/aromatic N) is 3. The molecule has 0 spiro atoms. The van der Waals surface area contributed by atoms with Crippen molar-refractivity contribution in [1.82, 2.24) is 14.7 Å². The highest BCUT2D eigenvalue weighted by Crippen LogP contribution is 2.00. The van der Waals surface area contributed by atoms with Crippen LogP contribution in [0.2, 0.25) is 0 Å². The van der Waals surface area contributed by atoms with Crippen molar-refractivity contribution in [2.75, 3.05) is 61.0 Å². The van der Waals surface area contributed by atoms with E-state index in [-0.39, 0.29) is 18.6 Å². The van der Waals surface area contributed by atoms with Crippen molar-refractivity contribution in [3.05, 3.63) is 0 Å². The number of hydrogen-bond donors (Lipinski definition) is 0. The first-order chi connectivity index (χ1) is 9.32. The van der Waals surface area contributed by atoms with Crippen LogP contribution in [0.5, 0.6) is 0 Å². The summed E-state index contributed by atoms with van der Waals surface area (Å²) in [5, 5.41) is 0. The van der Waals surface area contributed by atoms with Gasteiger partial charge in [-0.25, -0.2) is 0 Å². The Balaban J connectivity index is 4.18. The number of hydrogen-bond acceptors (Lipinski definition) is 4. The van der Waals surface area contributed by atoms with E-state index < -0.39 is 0 Å². The number of ether oxygens (including phenoxy) is 1. The molecule has 0 aromatic carbocycles. The van der Waals surface area contributed by atoms with E-state index >= 15 is 0 Å². The van der Waals surface area contributed by atoms with Crippen LogP contribution in [-0.2, 0) is 9.53 Å². The Bertz CT molecular complexity index is 242. The first-order valence-corrected chi connectivity index (χ1v) is 7.51. The van der Waals surface area contributed by atoms with E-state index in [1.54, 1.807) is 0 Å². The predicted octanol–water partition coefficient (Wildman–Crippen LogP) is 1.14. The van der Waals surface area contributed by atoms with Gasteiger partial charge < -0.3 is 19.4 Å². The third-order valence-electron chi connectivity index (χ3n) is 2.96. The molecule has 0 aromatic rings. The Labute approximate surface area is 124 Å². The van der Waals surface area contributed by atoms with Gasteiger partial charge in [-0.2, -0.15) is 0 Å². The molecule has 0 heterocycles. The largest absolute Gasteiger partial charge is 0.369 e. The van der Waals surface area contributed by atoms with E-state index in [9.17, 15) is 4.79 Å². The van der Waals surface area contributed by atoms with Crippen molar-refractivity contribution in [2.24, 2.45) is 0 Å².